The molecule has 0 aliphatic carbocycles. The standard InChI is InChI=1S/C24H24N2O3/c1-16(23(27)25-22-13-7-11-17-10-5-6-12-19(17)22)26-14-20(21(15-26)24(28)29)18-8-3-2-4-9-18/h2-13,16,20-21H,14-15H2,1H3,(H,25,27)(H,28,29)/t16?,20-,21+/m1/s1. The smallest absolute Gasteiger partial charge is 0.308 e. The number of benzene rings is 3. The summed E-state index contributed by atoms with van der Waals surface area (Å²) in [6, 6.07) is 23.0. The van der Waals surface area contributed by atoms with Crippen LogP contribution in [0.4, 0.5) is 5.69 Å². The van der Waals surface area contributed by atoms with Crippen molar-refractivity contribution in [1.82, 2.24) is 4.90 Å². The molecule has 3 aromatic carbocycles. The number of nitrogens with zero attached hydrogens (tertiary/aromatic N) is 1. The molecule has 0 radical (unpaired) electrons. The summed E-state index contributed by atoms with van der Waals surface area (Å²) in [4.78, 5) is 26.8. The van der Waals surface area contributed by atoms with E-state index in [0.717, 1.165) is 22.0 Å². The molecule has 0 aromatic heterocycles. The van der Waals surface area contributed by atoms with Crippen LogP contribution >= 0.6 is 0 Å². The van der Waals surface area contributed by atoms with Gasteiger partial charge in [-0.05, 0) is 23.9 Å². The van der Waals surface area contributed by atoms with Crippen LogP contribution in [-0.4, -0.2) is 41.0 Å². The largest absolute Gasteiger partial charge is 0.481 e. The van der Waals surface area contributed by atoms with Gasteiger partial charge in [0.1, 0.15) is 0 Å². The molecule has 1 saturated heterocycles. The maximum atomic E-state index is 13.0. The minimum Gasteiger partial charge on any atom is -0.481 e. The topological polar surface area (TPSA) is 69.6 Å². The molecule has 4 rings (SSSR count). The Hall–Kier alpha value is -3.18. The molecule has 0 bridgehead atoms. The SMILES string of the molecule is CC(C(=O)Nc1cccc2ccccc12)N1C[C@H](C(=O)O)[C@@H](c2ccccc2)C1. The van der Waals surface area contributed by atoms with Crippen LogP contribution in [0.3, 0.4) is 0 Å². The van der Waals surface area contributed by atoms with Gasteiger partial charge in [-0.3, -0.25) is 14.5 Å². The van der Waals surface area contributed by atoms with Crippen molar-refractivity contribution < 1.29 is 14.7 Å². The first-order chi connectivity index (χ1) is 14.0. The predicted molar refractivity (Wildman–Crippen MR) is 114 cm³/mol. The van der Waals surface area contributed by atoms with E-state index in [1.165, 1.54) is 0 Å². The summed E-state index contributed by atoms with van der Waals surface area (Å²) in [5, 5.41) is 14.8. The Bertz CT molecular complexity index is 1030. The molecule has 2 N–H and O–H groups in total. The van der Waals surface area contributed by atoms with Crippen LogP contribution in [0.5, 0.6) is 0 Å². The minimum absolute atomic E-state index is 0.124. The Kier molecular flexibility index (Phi) is 5.32. The molecule has 5 nitrogen and oxygen atoms in total. The number of likely N-dealkylation sites (tertiary alicyclic amines) is 1. The molecule has 1 amide bonds. The second-order valence-electron chi connectivity index (χ2n) is 7.61. The molecule has 148 valence electrons. The summed E-state index contributed by atoms with van der Waals surface area (Å²) in [5.74, 6) is -1.59. The van der Waals surface area contributed by atoms with Gasteiger partial charge in [-0.25, -0.2) is 0 Å². The zero-order valence-corrected chi connectivity index (χ0v) is 16.3. The summed E-state index contributed by atoms with van der Waals surface area (Å²) in [5.41, 5.74) is 1.78. The van der Waals surface area contributed by atoms with Gasteiger partial charge in [0.05, 0.1) is 12.0 Å². The van der Waals surface area contributed by atoms with E-state index in [1.54, 1.807) is 0 Å². The van der Waals surface area contributed by atoms with Gasteiger partial charge in [0.2, 0.25) is 5.91 Å². The molecule has 1 heterocycles. The molecule has 1 aliphatic heterocycles. The normalized spacial score (nSPS) is 20.4. The van der Waals surface area contributed by atoms with Crippen molar-refractivity contribution in [2.75, 3.05) is 18.4 Å². The Labute approximate surface area is 170 Å². The molecule has 1 unspecified atom stereocenters. The highest BCUT2D eigenvalue weighted by molar-refractivity contribution is 6.03. The van der Waals surface area contributed by atoms with E-state index in [0.29, 0.717) is 13.1 Å². The minimum atomic E-state index is -0.817. The predicted octanol–water partition coefficient (Wildman–Crippen LogP) is 3.97. The molecule has 0 saturated carbocycles. The van der Waals surface area contributed by atoms with Crippen molar-refractivity contribution in [2.24, 2.45) is 5.92 Å². The van der Waals surface area contributed by atoms with Gasteiger partial charge in [-0.1, -0.05) is 66.7 Å². The average molecular weight is 388 g/mol. The summed E-state index contributed by atoms with van der Waals surface area (Å²) >= 11 is 0. The Morgan fingerprint density at radius 1 is 0.966 bits per heavy atom. The van der Waals surface area contributed by atoms with Gasteiger partial charge in [0.25, 0.3) is 0 Å². The molecule has 5 heteroatoms. The molecule has 3 aromatic rings. The highest BCUT2D eigenvalue weighted by Gasteiger charge is 2.41. The number of rotatable bonds is 5. The molecular formula is C24H24N2O3. The first-order valence-electron chi connectivity index (χ1n) is 9.85. The van der Waals surface area contributed by atoms with Gasteiger partial charge in [0.15, 0.2) is 0 Å². The quantitative estimate of drug-likeness (QED) is 0.694. The number of hydrogen-bond acceptors (Lipinski definition) is 3. The lowest BCUT2D eigenvalue weighted by Gasteiger charge is -2.24. The van der Waals surface area contributed by atoms with E-state index < -0.39 is 17.9 Å². The molecule has 1 aliphatic rings. The summed E-state index contributed by atoms with van der Waals surface area (Å²) in [6.07, 6.45) is 0. The van der Waals surface area contributed by atoms with Gasteiger partial charge >= 0.3 is 5.97 Å². The van der Waals surface area contributed by atoms with Gasteiger partial charge in [0, 0.05) is 30.1 Å². The van der Waals surface area contributed by atoms with Crippen LogP contribution in [0.15, 0.2) is 72.8 Å². The fourth-order valence-corrected chi connectivity index (χ4v) is 4.18. The van der Waals surface area contributed by atoms with Gasteiger partial charge in [-0.2, -0.15) is 0 Å². The fourth-order valence-electron chi connectivity index (χ4n) is 4.18. The number of carbonyl (C=O) groups excluding carboxylic acids is 1. The third-order valence-electron chi connectivity index (χ3n) is 5.87. The number of anilines is 1. The highest BCUT2D eigenvalue weighted by atomic mass is 16.4. The zero-order valence-electron chi connectivity index (χ0n) is 16.3. The molecule has 29 heavy (non-hydrogen) atoms. The second-order valence-corrected chi connectivity index (χ2v) is 7.61. The fraction of sp³-hybridized carbons (Fsp3) is 0.250. The number of carboxylic acid groups (broad SMARTS) is 1. The number of amides is 1. The lowest BCUT2D eigenvalue weighted by Crippen LogP contribution is -2.41. The summed E-state index contributed by atoms with van der Waals surface area (Å²) in [7, 11) is 0. The van der Waals surface area contributed by atoms with Gasteiger partial charge < -0.3 is 10.4 Å². The van der Waals surface area contributed by atoms with E-state index in [4.69, 9.17) is 0 Å². The van der Waals surface area contributed by atoms with E-state index in [9.17, 15) is 14.7 Å². The number of carboxylic acids is 1. The lowest BCUT2D eigenvalue weighted by molar-refractivity contribution is -0.142. The number of nitrogens with one attached hydrogen (secondary N) is 1. The third-order valence-corrected chi connectivity index (χ3v) is 5.87. The van der Waals surface area contributed by atoms with Crippen molar-refractivity contribution in [1.29, 1.82) is 0 Å². The molecular weight excluding hydrogens is 364 g/mol. The van der Waals surface area contributed by atoms with Crippen molar-refractivity contribution in [3.8, 4) is 0 Å². The van der Waals surface area contributed by atoms with Crippen LogP contribution in [0.1, 0.15) is 18.4 Å². The van der Waals surface area contributed by atoms with E-state index in [2.05, 4.69) is 5.32 Å². The maximum absolute atomic E-state index is 13.0. The number of hydrogen-bond donors (Lipinski definition) is 2. The zero-order chi connectivity index (χ0) is 20.4. The lowest BCUT2D eigenvalue weighted by atomic mass is 9.89. The number of fused-ring (bicyclic) bond motifs is 1. The first-order valence-corrected chi connectivity index (χ1v) is 9.85. The average Bonchev–Trinajstić information content (AvgIpc) is 3.20. The highest BCUT2D eigenvalue weighted by Crippen LogP contribution is 2.34. The molecule has 0 spiro atoms. The monoisotopic (exact) mass is 388 g/mol. The summed E-state index contributed by atoms with van der Waals surface area (Å²) < 4.78 is 0. The van der Waals surface area contributed by atoms with E-state index in [1.807, 2.05) is 84.6 Å². The van der Waals surface area contributed by atoms with Crippen molar-refractivity contribution in [2.45, 2.75) is 18.9 Å². The molecule has 1 fully saturated rings. The van der Waals surface area contributed by atoms with Crippen LogP contribution in [0.25, 0.3) is 10.8 Å². The molecule has 3 atom stereocenters. The second kappa shape index (κ2) is 8.05. The van der Waals surface area contributed by atoms with E-state index in [-0.39, 0.29) is 11.8 Å². The third kappa shape index (κ3) is 3.87. The van der Waals surface area contributed by atoms with E-state index >= 15 is 0 Å². The number of aliphatic carboxylic acids is 1. The van der Waals surface area contributed by atoms with Crippen LogP contribution in [0, 0.1) is 5.92 Å². The Balaban J connectivity index is 1.52. The maximum Gasteiger partial charge on any atom is 0.308 e. The Morgan fingerprint density at radius 2 is 1.66 bits per heavy atom. The van der Waals surface area contributed by atoms with Crippen molar-refractivity contribution in [3.63, 3.8) is 0 Å². The van der Waals surface area contributed by atoms with Crippen LogP contribution in [0.2, 0.25) is 0 Å². The first kappa shape index (κ1) is 19.2. The Morgan fingerprint density at radius 3 is 2.41 bits per heavy atom. The van der Waals surface area contributed by atoms with Crippen LogP contribution < -0.4 is 5.32 Å². The van der Waals surface area contributed by atoms with Crippen molar-refractivity contribution >= 4 is 28.3 Å². The number of carbonyl (C=O) groups is 2. The van der Waals surface area contributed by atoms with Crippen LogP contribution in [-0.2, 0) is 9.59 Å². The summed E-state index contributed by atoms with van der Waals surface area (Å²) in [6.45, 7) is 2.75. The van der Waals surface area contributed by atoms with Gasteiger partial charge in [-0.15, -0.1) is 0 Å². The van der Waals surface area contributed by atoms with Crippen molar-refractivity contribution in [3.05, 3.63) is 78.4 Å².